The van der Waals surface area contributed by atoms with Crippen LogP contribution < -0.4 is 9.64 Å². The quantitative estimate of drug-likeness (QED) is 0.415. The minimum Gasteiger partial charge on any atom is -0.497 e. The topological polar surface area (TPSA) is 78.9 Å². The van der Waals surface area contributed by atoms with Crippen molar-refractivity contribution >= 4 is 29.2 Å². The minimum absolute atomic E-state index is 0.0426. The van der Waals surface area contributed by atoms with Crippen LogP contribution in [0.2, 0.25) is 5.02 Å². The van der Waals surface area contributed by atoms with Gasteiger partial charge in [0.25, 0.3) is 5.91 Å². The molecule has 0 N–H and O–H groups in total. The van der Waals surface area contributed by atoms with E-state index in [-0.39, 0.29) is 18.4 Å². The fraction of sp³-hybridized carbons (Fsp3) is 0.357. The van der Waals surface area contributed by atoms with Crippen molar-refractivity contribution in [1.82, 2.24) is 20.0 Å². The van der Waals surface area contributed by atoms with Crippen LogP contribution in [-0.2, 0) is 4.79 Å². The summed E-state index contributed by atoms with van der Waals surface area (Å²) >= 11 is 5.97. The SMILES string of the molecule is CCCCN(CC(=O)N1CCN(c2ccc(-c3ccc(OC)cc3)nn2)CC1)C(=O)c1ccc(Cl)cc1. The summed E-state index contributed by atoms with van der Waals surface area (Å²) in [6.45, 7) is 5.12. The molecule has 1 saturated heterocycles. The Morgan fingerprint density at radius 1 is 0.946 bits per heavy atom. The van der Waals surface area contributed by atoms with Gasteiger partial charge in [0.15, 0.2) is 5.82 Å². The highest BCUT2D eigenvalue weighted by atomic mass is 35.5. The van der Waals surface area contributed by atoms with Crippen molar-refractivity contribution in [3.8, 4) is 17.0 Å². The van der Waals surface area contributed by atoms with Crippen molar-refractivity contribution in [2.45, 2.75) is 19.8 Å². The second kappa shape index (κ2) is 12.5. The fourth-order valence-corrected chi connectivity index (χ4v) is 4.36. The lowest BCUT2D eigenvalue weighted by molar-refractivity contribution is -0.132. The number of benzene rings is 2. The molecular weight excluding hydrogens is 490 g/mol. The predicted molar refractivity (Wildman–Crippen MR) is 145 cm³/mol. The summed E-state index contributed by atoms with van der Waals surface area (Å²) in [6, 6.07) is 18.4. The van der Waals surface area contributed by atoms with Gasteiger partial charge in [0, 0.05) is 48.9 Å². The minimum atomic E-state index is -0.149. The van der Waals surface area contributed by atoms with Crippen LogP contribution in [0, 0.1) is 0 Å². The van der Waals surface area contributed by atoms with Gasteiger partial charge < -0.3 is 19.4 Å². The predicted octanol–water partition coefficient (Wildman–Crippen LogP) is 4.40. The Kier molecular flexibility index (Phi) is 8.95. The Labute approximate surface area is 222 Å². The van der Waals surface area contributed by atoms with Crippen molar-refractivity contribution in [3.05, 3.63) is 71.2 Å². The molecule has 194 valence electrons. The Bertz CT molecular complexity index is 1180. The number of rotatable bonds is 9. The molecule has 3 aromatic rings. The van der Waals surface area contributed by atoms with E-state index in [2.05, 4.69) is 22.0 Å². The number of hydrogen-bond acceptors (Lipinski definition) is 6. The Morgan fingerprint density at radius 3 is 2.24 bits per heavy atom. The van der Waals surface area contributed by atoms with E-state index < -0.39 is 0 Å². The molecule has 9 heteroatoms. The van der Waals surface area contributed by atoms with Crippen LogP contribution in [0.1, 0.15) is 30.1 Å². The molecule has 8 nitrogen and oxygen atoms in total. The number of unbranched alkanes of at least 4 members (excludes halogenated alkanes) is 1. The van der Waals surface area contributed by atoms with Gasteiger partial charge in [-0.1, -0.05) is 24.9 Å². The van der Waals surface area contributed by atoms with Crippen LogP contribution in [0.25, 0.3) is 11.3 Å². The van der Waals surface area contributed by atoms with Crippen molar-refractivity contribution in [3.63, 3.8) is 0 Å². The molecule has 2 aromatic carbocycles. The lowest BCUT2D eigenvalue weighted by Crippen LogP contribution is -2.52. The van der Waals surface area contributed by atoms with E-state index in [9.17, 15) is 9.59 Å². The number of amides is 2. The summed E-state index contributed by atoms with van der Waals surface area (Å²) in [5, 5.41) is 9.38. The highest BCUT2D eigenvalue weighted by Gasteiger charge is 2.26. The van der Waals surface area contributed by atoms with Gasteiger partial charge in [0.2, 0.25) is 5.91 Å². The summed E-state index contributed by atoms with van der Waals surface area (Å²) < 4.78 is 5.21. The lowest BCUT2D eigenvalue weighted by atomic mass is 10.1. The van der Waals surface area contributed by atoms with Crippen molar-refractivity contribution < 1.29 is 14.3 Å². The maximum Gasteiger partial charge on any atom is 0.254 e. The number of halogens is 1. The first-order chi connectivity index (χ1) is 18.0. The average molecular weight is 522 g/mol. The molecule has 0 atom stereocenters. The molecule has 1 fully saturated rings. The molecule has 0 bridgehead atoms. The molecule has 4 rings (SSSR count). The molecule has 0 radical (unpaired) electrons. The molecule has 0 unspecified atom stereocenters. The molecule has 1 aliphatic rings. The van der Waals surface area contributed by atoms with Crippen LogP contribution in [0.4, 0.5) is 5.82 Å². The van der Waals surface area contributed by atoms with Crippen molar-refractivity contribution in [2.24, 2.45) is 0 Å². The summed E-state index contributed by atoms with van der Waals surface area (Å²) in [6.07, 6.45) is 1.78. The average Bonchev–Trinajstić information content (AvgIpc) is 2.95. The second-order valence-corrected chi connectivity index (χ2v) is 9.40. The third-order valence-corrected chi connectivity index (χ3v) is 6.73. The maximum absolute atomic E-state index is 13.1. The molecule has 2 heterocycles. The molecular formula is C28H32ClN5O3. The number of aromatic nitrogens is 2. The molecule has 0 saturated carbocycles. The standard InChI is InChI=1S/C28H32ClN5O3/c1-3-4-15-34(28(36)22-5-9-23(29)10-6-22)20-27(35)33-18-16-32(17-19-33)26-14-13-25(30-31-26)21-7-11-24(37-2)12-8-21/h5-14H,3-4,15-20H2,1-2H3. The summed E-state index contributed by atoms with van der Waals surface area (Å²) in [5.41, 5.74) is 2.29. The van der Waals surface area contributed by atoms with Crippen LogP contribution in [0.15, 0.2) is 60.7 Å². The van der Waals surface area contributed by atoms with Gasteiger partial charge in [-0.2, -0.15) is 0 Å². The zero-order valence-electron chi connectivity index (χ0n) is 21.3. The van der Waals surface area contributed by atoms with Gasteiger partial charge in [-0.3, -0.25) is 9.59 Å². The van der Waals surface area contributed by atoms with E-state index >= 15 is 0 Å². The number of methoxy groups -OCH3 is 1. The smallest absolute Gasteiger partial charge is 0.254 e. The first-order valence-electron chi connectivity index (χ1n) is 12.5. The number of ether oxygens (including phenoxy) is 1. The van der Waals surface area contributed by atoms with E-state index in [0.29, 0.717) is 43.3 Å². The summed E-state index contributed by atoms with van der Waals surface area (Å²) in [5.74, 6) is 1.39. The number of anilines is 1. The Morgan fingerprint density at radius 2 is 1.65 bits per heavy atom. The third kappa shape index (κ3) is 6.77. The highest BCUT2D eigenvalue weighted by molar-refractivity contribution is 6.30. The van der Waals surface area contributed by atoms with Gasteiger partial charge in [0.05, 0.1) is 12.8 Å². The second-order valence-electron chi connectivity index (χ2n) is 8.96. The van der Waals surface area contributed by atoms with Crippen LogP contribution >= 0.6 is 11.6 Å². The normalized spacial score (nSPS) is 13.4. The van der Waals surface area contributed by atoms with Gasteiger partial charge in [0.1, 0.15) is 12.3 Å². The number of piperazine rings is 1. The molecule has 0 aliphatic carbocycles. The molecule has 2 amide bonds. The maximum atomic E-state index is 13.1. The fourth-order valence-electron chi connectivity index (χ4n) is 4.23. The first kappa shape index (κ1) is 26.4. The van der Waals surface area contributed by atoms with E-state index in [1.807, 2.05) is 41.3 Å². The van der Waals surface area contributed by atoms with Crippen LogP contribution in [0.5, 0.6) is 5.75 Å². The van der Waals surface area contributed by atoms with Gasteiger partial charge in [-0.05, 0) is 67.1 Å². The van der Waals surface area contributed by atoms with Crippen molar-refractivity contribution in [2.75, 3.05) is 51.3 Å². The van der Waals surface area contributed by atoms with E-state index in [0.717, 1.165) is 35.7 Å². The summed E-state index contributed by atoms with van der Waals surface area (Å²) in [7, 11) is 1.64. The largest absolute Gasteiger partial charge is 0.497 e. The molecule has 1 aliphatic heterocycles. The van der Waals surface area contributed by atoms with Gasteiger partial charge >= 0.3 is 0 Å². The monoisotopic (exact) mass is 521 g/mol. The van der Waals surface area contributed by atoms with E-state index in [4.69, 9.17) is 16.3 Å². The number of hydrogen-bond donors (Lipinski definition) is 0. The molecule has 0 spiro atoms. The summed E-state index contributed by atoms with van der Waals surface area (Å²) in [4.78, 5) is 31.8. The molecule has 1 aromatic heterocycles. The third-order valence-electron chi connectivity index (χ3n) is 6.48. The first-order valence-corrected chi connectivity index (χ1v) is 12.9. The zero-order valence-corrected chi connectivity index (χ0v) is 22.0. The van der Waals surface area contributed by atoms with Crippen LogP contribution in [0.3, 0.4) is 0 Å². The van der Waals surface area contributed by atoms with Gasteiger partial charge in [-0.25, -0.2) is 0 Å². The van der Waals surface area contributed by atoms with E-state index in [1.54, 1.807) is 36.3 Å². The van der Waals surface area contributed by atoms with Gasteiger partial charge in [-0.15, -0.1) is 10.2 Å². The Hall–Kier alpha value is -3.65. The van der Waals surface area contributed by atoms with Crippen LogP contribution in [-0.4, -0.2) is 78.2 Å². The number of carbonyl (C=O) groups excluding carboxylic acids is 2. The van der Waals surface area contributed by atoms with Crippen molar-refractivity contribution in [1.29, 1.82) is 0 Å². The number of carbonyl (C=O) groups is 2. The highest BCUT2D eigenvalue weighted by Crippen LogP contribution is 2.22. The Balaban J connectivity index is 1.33. The molecule has 37 heavy (non-hydrogen) atoms. The van der Waals surface area contributed by atoms with E-state index in [1.165, 1.54) is 0 Å². The number of nitrogens with zero attached hydrogens (tertiary/aromatic N) is 5. The zero-order chi connectivity index (χ0) is 26.2. The lowest BCUT2D eigenvalue weighted by Gasteiger charge is -2.36.